The summed E-state index contributed by atoms with van der Waals surface area (Å²) in [6, 6.07) is 0. The summed E-state index contributed by atoms with van der Waals surface area (Å²) in [7, 11) is 1.84. The predicted molar refractivity (Wildman–Crippen MR) is 67.6 cm³/mol. The molecule has 1 N–H and O–H groups in total. The van der Waals surface area contributed by atoms with Crippen molar-refractivity contribution in [2.45, 2.75) is 33.8 Å². The van der Waals surface area contributed by atoms with Gasteiger partial charge in [0, 0.05) is 13.7 Å². The van der Waals surface area contributed by atoms with E-state index in [2.05, 4.69) is 15.3 Å². The smallest absolute Gasteiger partial charge is 0.222 e. The van der Waals surface area contributed by atoms with E-state index in [9.17, 15) is 0 Å². The Kier molecular flexibility index (Phi) is 5.15. The fourth-order valence-electron chi connectivity index (χ4n) is 1.47. The van der Waals surface area contributed by atoms with Crippen molar-refractivity contribution in [3.8, 4) is 5.88 Å². The van der Waals surface area contributed by atoms with Crippen molar-refractivity contribution >= 4 is 5.82 Å². The van der Waals surface area contributed by atoms with Crippen LogP contribution >= 0.6 is 0 Å². The molecule has 0 aliphatic rings. The van der Waals surface area contributed by atoms with Gasteiger partial charge >= 0.3 is 0 Å². The second kappa shape index (κ2) is 6.39. The lowest BCUT2D eigenvalue weighted by Gasteiger charge is -2.16. The SMILES string of the molecule is CCOCC(C)Oc1nc(C)nc(NC)c1C. The van der Waals surface area contributed by atoms with Gasteiger partial charge in [-0.05, 0) is 27.7 Å². The Balaban J connectivity index is 2.79. The van der Waals surface area contributed by atoms with Crippen molar-refractivity contribution in [1.82, 2.24) is 9.97 Å². The standard InChI is InChI=1S/C12H21N3O2/c1-6-16-7-8(2)17-12-9(3)11(13-5)14-10(4)15-12/h8H,6-7H2,1-5H3,(H,13,14,15). The van der Waals surface area contributed by atoms with Crippen LogP contribution in [0.1, 0.15) is 25.2 Å². The Hall–Kier alpha value is -1.36. The van der Waals surface area contributed by atoms with E-state index in [1.54, 1.807) is 0 Å². The number of hydrogen-bond donors (Lipinski definition) is 1. The van der Waals surface area contributed by atoms with E-state index in [4.69, 9.17) is 9.47 Å². The topological polar surface area (TPSA) is 56.3 Å². The fourth-order valence-corrected chi connectivity index (χ4v) is 1.47. The van der Waals surface area contributed by atoms with Crippen LogP contribution in [0.4, 0.5) is 5.82 Å². The molecule has 5 heteroatoms. The molecule has 0 aromatic carbocycles. The summed E-state index contributed by atoms with van der Waals surface area (Å²) in [6.45, 7) is 8.97. The average molecular weight is 239 g/mol. The molecule has 1 unspecified atom stereocenters. The quantitative estimate of drug-likeness (QED) is 0.822. The van der Waals surface area contributed by atoms with Gasteiger partial charge in [-0.1, -0.05) is 0 Å². The minimum atomic E-state index is -0.0207. The molecule has 1 rings (SSSR count). The van der Waals surface area contributed by atoms with Gasteiger partial charge in [0.1, 0.15) is 17.7 Å². The summed E-state index contributed by atoms with van der Waals surface area (Å²) < 4.78 is 11.1. The van der Waals surface area contributed by atoms with E-state index in [1.165, 1.54) is 0 Å². The molecule has 0 fully saturated rings. The third-order valence-electron chi connectivity index (χ3n) is 2.32. The van der Waals surface area contributed by atoms with Crippen LogP contribution in [0.5, 0.6) is 5.88 Å². The molecule has 0 saturated heterocycles. The van der Waals surface area contributed by atoms with Crippen molar-refractivity contribution in [2.24, 2.45) is 0 Å². The summed E-state index contributed by atoms with van der Waals surface area (Å²) >= 11 is 0. The number of aromatic nitrogens is 2. The highest BCUT2D eigenvalue weighted by molar-refractivity contribution is 5.47. The first-order valence-electron chi connectivity index (χ1n) is 5.85. The highest BCUT2D eigenvalue weighted by Gasteiger charge is 2.12. The van der Waals surface area contributed by atoms with Crippen molar-refractivity contribution in [1.29, 1.82) is 0 Å². The first-order valence-corrected chi connectivity index (χ1v) is 5.85. The summed E-state index contributed by atoms with van der Waals surface area (Å²) in [4.78, 5) is 8.59. The zero-order valence-electron chi connectivity index (χ0n) is 11.2. The number of nitrogens with one attached hydrogen (secondary N) is 1. The van der Waals surface area contributed by atoms with Crippen molar-refractivity contribution in [2.75, 3.05) is 25.6 Å². The first-order chi connectivity index (χ1) is 8.08. The summed E-state index contributed by atoms with van der Waals surface area (Å²) in [5.41, 5.74) is 0.918. The van der Waals surface area contributed by atoms with Crippen LogP contribution < -0.4 is 10.1 Å². The highest BCUT2D eigenvalue weighted by Crippen LogP contribution is 2.22. The van der Waals surface area contributed by atoms with E-state index >= 15 is 0 Å². The van der Waals surface area contributed by atoms with Gasteiger partial charge < -0.3 is 14.8 Å². The van der Waals surface area contributed by atoms with Gasteiger partial charge in [0.2, 0.25) is 5.88 Å². The van der Waals surface area contributed by atoms with E-state index in [0.29, 0.717) is 24.9 Å². The monoisotopic (exact) mass is 239 g/mol. The molecule has 1 heterocycles. The summed E-state index contributed by atoms with van der Waals surface area (Å²) in [6.07, 6.45) is -0.0207. The molecule has 1 atom stereocenters. The van der Waals surface area contributed by atoms with Gasteiger partial charge in [0.15, 0.2) is 0 Å². The largest absolute Gasteiger partial charge is 0.472 e. The first kappa shape index (κ1) is 13.7. The van der Waals surface area contributed by atoms with Gasteiger partial charge in [-0.2, -0.15) is 4.98 Å². The van der Waals surface area contributed by atoms with Gasteiger partial charge in [-0.25, -0.2) is 4.98 Å². The Morgan fingerprint density at radius 1 is 1.29 bits per heavy atom. The van der Waals surface area contributed by atoms with Gasteiger partial charge in [-0.15, -0.1) is 0 Å². The van der Waals surface area contributed by atoms with Crippen LogP contribution in [-0.2, 0) is 4.74 Å². The van der Waals surface area contributed by atoms with Crippen LogP contribution in [0.25, 0.3) is 0 Å². The molecule has 96 valence electrons. The number of anilines is 1. The zero-order chi connectivity index (χ0) is 12.8. The lowest BCUT2D eigenvalue weighted by molar-refractivity contribution is 0.0628. The molecule has 1 aromatic heterocycles. The van der Waals surface area contributed by atoms with Crippen LogP contribution in [0.2, 0.25) is 0 Å². The van der Waals surface area contributed by atoms with Crippen LogP contribution in [0, 0.1) is 13.8 Å². The maximum atomic E-state index is 5.75. The molecule has 0 spiro atoms. The van der Waals surface area contributed by atoms with Crippen LogP contribution in [0.15, 0.2) is 0 Å². The zero-order valence-corrected chi connectivity index (χ0v) is 11.2. The Morgan fingerprint density at radius 3 is 2.59 bits per heavy atom. The molecule has 0 bridgehead atoms. The van der Waals surface area contributed by atoms with E-state index in [0.717, 1.165) is 11.4 Å². The molecular weight excluding hydrogens is 218 g/mol. The average Bonchev–Trinajstić information content (AvgIpc) is 2.30. The molecule has 0 radical (unpaired) electrons. The number of aryl methyl sites for hydroxylation is 1. The summed E-state index contributed by atoms with van der Waals surface area (Å²) in [5.74, 6) is 2.11. The second-order valence-electron chi connectivity index (χ2n) is 3.89. The minimum Gasteiger partial charge on any atom is -0.472 e. The Morgan fingerprint density at radius 2 is 2.00 bits per heavy atom. The molecule has 0 aliphatic carbocycles. The van der Waals surface area contributed by atoms with Crippen molar-refractivity contribution < 1.29 is 9.47 Å². The predicted octanol–water partition coefficient (Wildman–Crippen LogP) is 1.94. The maximum Gasteiger partial charge on any atom is 0.222 e. The lowest BCUT2D eigenvalue weighted by Crippen LogP contribution is -2.20. The summed E-state index contributed by atoms with van der Waals surface area (Å²) in [5, 5.41) is 3.03. The van der Waals surface area contributed by atoms with Crippen molar-refractivity contribution in [3.05, 3.63) is 11.4 Å². The van der Waals surface area contributed by atoms with Crippen LogP contribution in [0.3, 0.4) is 0 Å². The van der Waals surface area contributed by atoms with Gasteiger partial charge in [0.25, 0.3) is 0 Å². The highest BCUT2D eigenvalue weighted by atomic mass is 16.5. The normalized spacial score (nSPS) is 12.3. The van der Waals surface area contributed by atoms with E-state index in [1.807, 2.05) is 34.7 Å². The number of rotatable bonds is 6. The number of ether oxygens (including phenoxy) is 2. The maximum absolute atomic E-state index is 5.75. The molecule has 1 aromatic rings. The number of nitrogens with zero attached hydrogens (tertiary/aromatic N) is 2. The molecule has 5 nitrogen and oxygen atoms in total. The minimum absolute atomic E-state index is 0.0207. The molecular formula is C12H21N3O2. The second-order valence-corrected chi connectivity index (χ2v) is 3.89. The number of hydrogen-bond acceptors (Lipinski definition) is 5. The molecule has 0 aliphatic heterocycles. The molecule has 0 saturated carbocycles. The van der Waals surface area contributed by atoms with Crippen LogP contribution in [-0.4, -0.2) is 36.3 Å². The third kappa shape index (κ3) is 3.85. The van der Waals surface area contributed by atoms with Gasteiger partial charge in [-0.3, -0.25) is 0 Å². The van der Waals surface area contributed by atoms with Crippen molar-refractivity contribution in [3.63, 3.8) is 0 Å². The Labute approximate surface area is 103 Å². The third-order valence-corrected chi connectivity index (χ3v) is 2.32. The Bertz CT molecular complexity index is 369. The molecule has 0 amide bonds. The lowest BCUT2D eigenvalue weighted by atomic mass is 10.3. The van der Waals surface area contributed by atoms with Gasteiger partial charge in [0.05, 0.1) is 12.2 Å². The molecule has 17 heavy (non-hydrogen) atoms. The van der Waals surface area contributed by atoms with E-state index < -0.39 is 0 Å². The fraction of sp³-hybridized carbons (Fsp3) is 0.667. The van der Waals surface area contributed by atoms with E-state index in [-0.39, 0.29) is 6.10 Å².